The smallest absolute Gasteiger partial charge is 0.376 e. The first-order valence-corrected chi connectivity index (χ1v) is 26.2. The fourth-order valence-electron chi connectivity index (χ4n) is 7.71. The summed E-state index contributed by atoms with van der Waals surface area (Å²) in [6.45, 7) is 11.5. The quantitative estimate of drug-likeness (QED) is 0.0141. The van der Waals surface area contributed by atoms with E-state index < -0.39 is 57.7 Å². The molecule has 35 heteroatoms. The van der Waals surface area contributed by atoms with E-state index in [0.29, 0.717) is 96.1 Å². The van der Waals surface area contributed by atoms with Crippen molar-refractivity contribution in [1.29, 1.82) is 0 Å². The monoisotopic (exact) mass is 1110 g/mol. The number of nitro benzene ring substituents is 1. The number of rotatable bonds is 28. The van der Waals surface area contributed by atoms with Gasteiger partial charge in [0.2, 0.25) is 11.8 Å². The Balaban J connectivity index is 0.000000529. The van der Waals surface area contributed by atoms with Crippen LogP contribution in [0.25, 0.3) is 31.3 Å². The number of carboxylic acid groups (broad SMARTS) is 1. The summed E-state index contributed by atoms with van der Waals surface area (Å²) in [6, 6.07) is 1.67. The standard InChI is InChI=1S/C13H27BN6O3.C12H24N6O2.C11H11N5O6S.C6H17BN2O2/c1-14(22)20(4)6-8-23-7-5-18(2)13(21)12-9-11(16-17-15)10-19(12)3;1-14-4-6-20-7-5-17(2)12(19)11-8-10(15-16-13)9-18(11)3;12-14-13-7-5-9(11(17)18)15(6-7)23(21,22)10-4-2-1-3-8(10)16(19)20;1-7(10)9(2)4-6-11-5-3-8/h11-12,22H,5-10H2,1-4H3;10-11,14H,4-9H2,1-3H3;1-4,7,9H,5-6H2,(H,17,18);10H,3-6,8H2,1-2H3/t11-,12-;10-,11-;7-,9-;/m000./s1. The molecule has 1 aromatic rings. The summed E-state index contributed by atoms with van der Waals surface area (Å²) in [4.78, 5) is 64.5. The number of aliphatic carboxylic acids is 1. The van der Waals surface area contributed by atoms with Crippen LogP contribution < -0.4 is 11.1 Å². The molecular formula is C42H79B2N19O13S. The van der Waals surface area contributed by atoms with Crippen molar-refractivity contribution in [3.63, 3.8) is 0 Å². The van der Waals surface area contributed by atoms with Gasteiger partial charge in [0.1, 0.15) is 6.04 Å². The Hall–Kier alpha value is -5.44. The molecule has 0 saturated carbocycles. The van der Waals surface area contributed by atoms with Gasteiger partial charge in [-0.2, -0.15) is 4.31 Å². The molecule has 0 radical (unpaired) electrons. The van der Waals surface area contributed by atoms with E-state index in [2.05, 4.69) is 35.4 Å². The van der Waals surface area contributed by atoms with Crippen LogP contribution in [0.3, 0.4) is 0 Å². The van der Waals surface area contributed by atoms with Crippen LogP contribution in [-0.4, -0.2) is 278 Å². The van der Waals surface area contributed by atoms with Crippen molar-refractivity contribution in [3.05, 3.63) is 65.7 Å². The first-order chi connectivity index (χ1) is 36.4. The molecule has 1 aromatic carbocycles. The molecule has 3 aliphatic rings. The SMILES string of the molecule is CB(O)N(C)CCOCCN.CB(O)N(C)CCOCCN(C)C(=O)[C@@H]1C[C@H](N=[N+]=[N-])CN1C.CNCCOCCN(C)C(=O)[C@@H]1C[C@H](N=[N+]=[N-])CN1C.[N-]=[N+]=N[C@H]1C[C@@H](C(=O)O)N(S(=O)(=O)c2ccccc2[N+](=O)[O-])C1. The van der Waals surface area contributed by atoms with E-state index >= 15 is 0 Å². The van der Waals surface area contributed by atoms with E-state index in [9.17, 15) is 43.0 Å². The summed E-state index contributed by atoms with van der Waals surface area (Å²) in [5, 5.41) is 52.3. The van der Waals surface area contributed by atoms with Crippen molar-refractivity contribution in [3.8, 4) is 0 Å². The van der Waals surface area contributed by atoms with Crippen molar-refractivity contribution >= 4 is 47.6 Å². The Kier molecular flexibility index (Phi) is 33.8. The van der Waals surface area contributed by atoms with Gasteiger partial charge >= 0.3 is 20.1 Å². The van der Waals surface area contributed by atoms with Crippen LogP contribution in [0.5, 0.6) is 0 Å². The molecule has 0 unspecified atom stereocenters. The summed E-state index contributed by atoms with van der Waals surface area (Å²) >= 11 is 0. The molecule has 2 amide bonds. The molecule has 77 heavy (non-hydrogen) atoms. The fraction of sp³-hybridized carbons (Fsp3) is 0.786. The topological polar surface area (TPSA) is 424 Å². The number of sulfonamides is 1. The molecule has 3 fully saturated rings. The maximum Gasteiger partial charge on any atom is 0.376 e. The van der Waals surface area contributed by atoms with Gasteiger partial charge in [-0.3, -0.25) is 34.3 Å². The number of nitro groups is 1. The molecule has 3 heterocycles. The van der Waals surface area contributed by atoms with Gasteiger partial charge in [-0.05, 0) is 90.8 Å². The van der Waals surface area contributed by atoms with Gasteiger partial charge in [0, 0.05) is 93.8 Å². The summed E-state index contributed by atoms with van der Waals surface area (Å²) in [7, 11) is 7.48. The molecule has 4 rings (SSSR count). The van der Waals surface area contributed by atoms with E-state index in [1.165, 1.54) is 12.1 Å². The summed E-state index contributed by atoms with van der Waals surface area (Å²) < 4.78 is 41.9. The van der Waals surface area contributed by atoms with Crippen LogP contribution in [0.4, 0.5) is 5.69 Å². The molecular weight excluding hydrogens is 1030 g/mol. The number of carbonyl (C=O) groups excluding carboxylic acids is 2. The summed E-state index contributed by atoms with van der Waals surface area (Å²) in [6.07, 6.45) is 0.952. The minimum absolute atomic E-state index is 0.0211. The van der Waals surface area contributed by atoms with Gasteiger partial charge in [-0.1, -0.05) is 27.5 Å². The van der Waals surface area contributed by atoms with E-state index in [4.69, 9.17) is 41.6 Å². The highest BCUT2D eigenvalue weighted by atomic mass is 32.2. The van der Waals surface area contributed by atoms with Gasteiger partial charge in [0.05, 0.1) is 74.8 Å². The number of likely N-dealkylation sites (N-methyl/N-ethyl adjacent to an activating group) is 7. The Morgan fingerprint density at radius 1 is 0.753 bits per heavy atom. The van der Waals surface area contributed by atoms with Crippen molar-refractivity contribution in [2.24, 2.45) is 21.1 Å². The van der Waals surface area contributed by atoms with E-state index in [0.717, 1.165) is 25.2 Å². The number of hydrogen-bond acceptors (Lipinski definition) is 21. The number of azide groups is 3. The first kappa shape index (κ1) is 69.6. The number of amides is 2. The van der Waals surface area contributed by atoms with Crippen LogP contribution >= 0.6 is 0 Å². The van der Waals surface area contributed by atoms with E-state index in [1.54, 1.807) is 47.2 Å². The zero-order chi connectivity index (χ0) is 58.3. The van der Waals surface area contributed by atoms with Crippen molar-refractivity contribution in [1.82, 2.24) is 38.8 Å². The average Bonchev–Trinajstić information content (AvgIpc) is 4.11. The van der Waals surface area contributed by atoms with Crippen molar-refractivity contribution < 1.29 is 57.1 Å². The number of nitrogens with one attached hydrogen (secondary N) is 1. The van der Waals surface area contributed by atoms with Crippen molar-refractivity contribution in [2.45, 2.75) is 74.1 Å². The second-order valence-electron chi connectivity index (χ2n) is 18.3. The molecule has 6 N–H and O–H groups in total. The van der Waals surface area contributed by atoms with Crippen LogP contribution in [0.1, 0.15) is 19.3 Å². The molecule has 0 aliphatic carbocycles. The number of hydrogen-bond donors (Lipinski definition) is 5. The van der Waals surface area contributed by atoms with E-state index in [-0.39, 0.29) is 48.9 Å². The fourth-order valence-corrected chi connectivity index (χ4v) is 9.50. The highest BCUT2D eigenvalue weighted by molar-refractivity contribution is 7.89. The van der Waals surface area contributed by atoms with Crippen LogP contribution in [0, 0.1) is 10.1 Å². The third-order valence-corrected chi connectivity index (χ3v) is 14.5. The highest BCUT2D eigenvalue weighted by Gasteiger charge is 2.46. The van der Waals surface area contributed by atoms with Gasteiger partial charge in [0.25, 0.3) is 15.7 Å². The number of benzene rings is 1. The van der Waals surface area contributed by atoms with Gasteiger partial charge in [-0.25, -0.2) is 8.42 Å². The minimum atomic E-state index is -4.43. The number of para-hydroxylation sites is 1. The lowest BCUT2D eigenvalue weighted by Gasteiger charge is -2.25. The summed E-state index contributed by atoms with van der Waals surface area (Å²) in [5.41, 5.74) is 29.9. The van der Waals surface area contributed by atoms with Gasteiger partial charge in [0.15, 0.2) is 4.90 Å². The number of likely N-dealkylation sites (tertiary alicyclic amines) is 2. The average molecular weight is 1110 g/mol. The van der Waals surface area contributed by atoms with Crippen LogP contribution in [0.2, 0.25) is 13.6 Å². The molecule has 0 bridgehead atoms. The molecule has 3 aliphatic heterocycles. The van der Waals surface area contributed by atoms with Crippen LogP contribution in [-0.2, 0) is 38.6 Å². The maximum absolute atomic E-state index is 12.6. The number of nitrogens with two attached hydrogens (primary N) is 1. The third-order valence-electron chi connectivity index (χ3n) is 12.5. The Labute approximate surface area is 451 Å². The number of nitrogens with zero attached hydrogens (tertiary/aromatic N) is 17. The first-order valence-electron chi connectivity index (χ1n) is 24.8. The predicted octanol–water partition coefficient (Wildman–Crippen LogP) is 0.0754. The molecule has 3 saturated heterocycles. The number of ether oxygens (including phenoxy) is 3. The maximum atomic E-state index is 12.6. The van der Waals surface area contributed by atoms with Gasteiger partial charge < -0.3 is 59.8 Å². The second-order valence-corrected chi connectivity index (χ2v) is 20.2. The minimum Gasteiger partial charge on any atom is -0.480 e. The molecule has 32 nitrogen and oxygen atoms in total. The molecule has 6 atom stereocenters. The molecule has 0 aromatic heterocycles. The highest BCUT2D eigenvalue weighted by Crippen LogP contribution is 2.32. The zero-order valence-corrected chi connectivity index (χ0v) is 46.5. The predicted molar refractivity (Wildman–Crippen MR) is 288 cm³/mol. The molecule has 0 spiro atoms. The largest absolute Gasteiger partial charge is 0.480 e. The third kappa shape index (κ3) is 24.8. The summed E-state index contributed by atoms with van der Waals surface area (Å²) in [5.74, 6) is -1.34. The normalized spacial score (nSPS) is 20.2. The Morgan fingerprint density at radius 2 is 1.16 bits per heavy atom. The Bertz CT molecular complexity index is 2230. The van der Waals surface area contributed by atoms with Crippen molar-refractivity contribution in [2.75, 3.05) is 148 Å². The number of carbonyl (C=O) groups is 3. The Morgan fingerprint density at radius 3 is 1.56 bits per heavy atom. The lowest BCUT2D eigenvalue weighted by Crippen LogP contribution is -2.43. The lowest BCUT2D eigenvalue weighted by molar-refractivity contribution is -0.387. The van der Waals surface area contributed by atoms with Crippen LogP contribution in [0.15, 0.2) is 44.5 Å². The van der Waals surface area contributed by atoms with Gasteiger partial charge in [-0.15, -0.1) is 0 Å². The second kappa shape index (κ2) is 37.4. The lowest BCUT2D eigenvalue weighted by atomic mass is 9.86. The van der Waals surface area contributed by atoms with E-state index in [1.807, 2.05) is 45.0 Å². The zero-order valence-electron chi connectivity index (χ0n) is 45.7. The molecule has 432 valence electrons. The number of carboxylic acids is 1.